The smallest absolute Gasteiger partial charge is 0.293 e. The summed E-state index contributed by atoms with van der Waals surface area (Å²) in [6.45, 7) is 3.78. The molecule has 0 aromatic carbocycles. The van der Waals surface area contributed by atoms with Gasteiger partial charge in [-0.25, -0.2) is 4.98 Å². The molecule has 2 amide bonds. The molecule has 1 fully saturated rings. The Morgan fingerprint density at radius 2 is 2.05 bits per heavy atom. The van der Waals surface area contributed by atoms with Gasteiger partial charge in [0.1, 0.15) is 6.04 Å². The fourth-order valence-electron chi connectivity index (χ4n) is 2.15. The second kappa shape index (κ2) is 5.44. The van der Waals surface area contributed by atoms with Gasteiger partial charge in [0.25, 0.3) is 11.5 Å². The van der Waals surface area contributed by atoms with Gasteiger partial charge >= 0.3 is 0 Å². The number of anilines is 1. The number of carbonyl (C=O) groups excluding carboxylic acids is 2. The lowest BCUT2D eigenvalue weighted by atomic mass is 10.0. The summed E-state index contributed by atoms with van der Waals surface area (Å²) in [7, 11) is 1.45. The van der Waals surface area contributed by atoms with E-state index < -0.39 is 6.04 Å². The lowest BCUT2D eigenvalue weighted by Gasteiger charge is -2.28. The van der Waals surface area contributed by atoms with Gasteiger partial charge < -0.3 is 9.88 Å². The minimum Gasteiger partial charge on any atom is -0.354 e. The predicted octanol–water partition coefficient (Wildman–Crippen LogP) is 0.383. The fraction of sp³-hybridized carbons (Fsp3) is 0.538. The number of aromatic nitrogens is 2. The number of nitrogens with zero attached hydrogens (tertiary/aromatic N) is 3. The molecule has 0 radical (unpaired) electrons. The van der Waals surface area contributed by atoms with Crippen molar-refractivity contribution >= 4 is 17.6 Å². The van der Waals surface area contributed by atoms with Gasteiger partial charge in [-0.2, -0.15) is 0 Å². The maximum Gasteiger partial charge on any atom is 0.293 e. The van der Waals surface area contributed by atoms with Gasteiger partial charge in [-0.3, -0.25) is 19.3 Å². The van der Waals surface area contributed by atoms with E-state index in [1.807, 2.05) is 13.8 Å². The summed E-state index contributed by atoms with van der Waals surface area (Å²) in [4.78, 5) is 40.6. The van der Waals surface area contributed by atoms with Crippen molar-refractivity contribution in [2.75, 3.05) is 12.4 Å². The van der Waals surface area contributed by atoms with Crippen molar-refractivity contribution in [3.8, 4) is 0 Å². The molecule has 0 saturated carbocycles. The quantitative estimate of drug-likeness (QED) is 0.808. The van der Waals surface area contributed by atoms with Gasteiger partial charge in [0.05, 0.1) is 0 Å². The predicted molar refractivity (Wildman–Crippen MR) is 73.3 cm³/mol. The highest BCUT2D eigenvalue weighted by atomic mass is 16.2. The van der Waals surface area contributed by atoms with Crippen LogP contribution in [-0.4, -0.2) is 39.4 Å². The van der Waals surface area contributed by atoms with E-state index in [1.165, 1.54) is 17.8 Å². The molecule has 1 N–H and O–H groups in total. The van der Waals surface area contributed by atoms with Crippen molar-refractivity contribution in [1.29, 1.82) is 0 Å². The standard InChI is InChI=1S/C13H18N4O3/c1-8(2)17-7-6-14-11(13(17)20)15-9-4-5-10(18)16(3)12(9)19/h6-9H,4-5H2,1-3H3,(H,14,15). The van der Waals surface area contributed by atoms with Crippen molar-refractivity contribution in [1.82, 2.24) is 14.5 Å². The first-order valence-corrected chi connectivity index (χ1v) is 6.56. The van der Waals surface area contributed by atoms with Crippen molar-refractivity contribution in [3.05, 3.63) is 22.7 Å². The van der Waals surface area contributed by atoms with E-state index in [2.05, 4.69) is 10.3 Å². The number of likely N-dealkylation sites (N-methyl/N-ethyl adjacent to an activating group) is 1. The summed E-state index contributed by atoms with van der Waals surface area (Å²) < 4.78 is 1.54. The second-order valence-corrected chi connectivity index (χ2v) is 5.11. The fourth-order valence-corrected chi connectivity index (χ4v) is 2.15. The molecule has 0 aliphatic carbocycles. The third-order valence-corrected chi connectivity index (χ3v) is 3.38. The number of rotatable bonds is 3. The normalized spacial score (nSPS) is 19.6. The van der Waals surface area contributed by atoms with Crippen LogP contribution in [0.4, 0.5) is 5.82 Å². The topological polar surface area (TPSA) is 84.3 Å². The van der Waals surface area contributed by atoms with E-state index in [4.69, 9.17) is 0 Å². The summed E-state index contributed by atoms with van der Waals surface area (Å²) in [6, 6.07) is -0.571. The molecule has 0 spiro atoms. The number of hydrogen-bond acceptors (Lipinski definition) is 5. The minimum absolute atomic E-state index is 0.0114. The van der Waals surface area contributed by atoms with Crippen LogP contribution in [0.15, 0.2) is 17.2 Å². The first kappa shape index (κ1) is 14.2. The number of nitrogens with one attached hydrogen (secondary N) is 1. The zero-order chi connectivity index (χ0) is 14.9. The molecule has 20 heavy (non-hydrogen) atoms. The molecular weight excluding hydrogens is 260 g/mol. The number of carbonyl (C=O) groups is 2. The Morgan fingerprint density at radius 3 is 2.70 bits per heavy atom. The van der Waals surface area contributed by atoms with Gasteiger partial charge in [0.15, 0.2) is 5.82 Å². The lowest BCUT2D eigenvalue weighted by molar-refractivity contribution is -0.146. The van der Waals surface area contributed by atoms with E-state index in [0.717, 1.165) is 4.90 Å². The Hall–Kier alpha value is -2.18. The second-order valence-electron chi connectivity index (χ2n) is 5.11. The molecule has 2 heterocycles. The van der Waals surface area contributed by atoms with Crippen LogP contribution in [0.2, 0.25) is 0 Å². The Bertz CT molecular complexity index is 594. The number of amides is 2. The zero-order valence-electron chi connectivity index (χ0n) is 11.8. The number of imide groups is 1. The van der Waals surface area contributed by atoms with E-state index in [-0.39, 0.29) is 35.7 Å². The third kappa shape index (κ3) is 2.56. The van der Waals surface area contributed by atoms with Crippen LogP contribution in [0.5, 0.6) is 0 Å². The average Bonchev–Trinajstić information content (AvgIpc) is 2.41. The van der Waals surface area contributed by atoms with Gasteiger partial charge in [0.2, 0.25) is 5.91 Å². The largest absolute Gasteiger partial charge is 0.354 e. The summed E-state index contributed by atoms with van der Waals surface area (Å²) in [5.74, 6) is -0.390. The van der Waals surface area contributed by atoms with E-state index in [9.17, 15) is 14.4 Å². The van der Waals surface area contributed by atoms with E-state index >= 15 is 0 Å². The highest BCUT2D eigenvalue weighted by Gasteiger charge is 2.32. The molecule has 0 bridgehead atoms. The molecule has 1 saturated heterocycles. The van der Waals surface area contributed by atoms with Gasteiger partial charge in [-0.15, -0.1) is 0 Å². The summed E-state index contributed by atoms with van der Waals surface area (Å²) >= 11 is 0. The highest BCUT2D eigenvalue weighted by Crippen LogP contribution is 2.14. The number of likely N-dealkylation sites (tertiary alicyclic amines) is 1. The Kier molecular flexibility index (Phi) is 3.87. The molecule has 2 rings (SSSR count). The maximum atomic E-state index is 12.2. The summed E-state index contributed by atoms with van der Waals surface area (Å²) in [5, 5.41) is 2.86. The number of piperidine rings is 1. The van der Waals surface area contributed by atoms with Gasteiger partial charge in [-0.1, -0.05) is 0 Å². The Labute approximate surface area is 116 Å². The van der Waals surface area contributed by atoms with E-state index in [0.29, 0.717) is 6.42 Å². The molecule has 7 nitrogen and oxygen atoms in total. The van der Waals surface area contributed by atoms with Crippen LogP contribution >= 0.6 is 0 Å². The van der Waals surface area contributed by atoms with Crippen molar-refractivity contribution < 1.29 is 9.59 Å². The number of hydrogen-bond donors (Lipinski definition) is 1. The maximum absolute atomic E-state index is 12.2. The third-order valence-electron chi connectivity index (χ3n) is 3.38. The van der Waals surface area contributed by atoms with Crippen LogP contribution in [0, 0.1) is 0 Å². The summed E-state index contributed by atoms with van der Waals surface area (Å²) in [6.07, 6.45) is 3.78. The molecular formula is C13H18N4O3. The Balaban J connectivity index is 2.23. The molecule has 1 aliphatic rings. The van der Waals surface area contributed by atoms with Crippen molar-refractivity contribution in [2.45, 2.75) is 38.8 Å². The minimum atomic E-state index is -0.582. The molecule has 1 aliphatic heterocycles. The molecule has 1 aromatic heterocycles. The van der Waals surface area contributed by atoms with Crippen LogP contribution in [-0.2, 0) is 9.59 Å². The zero-order valence-corrected chi connectivity index (χ0v) is 11.8. The molecule has 108 valence electrons. The van der Waals surface area contributed by atoms with Gasteiger partial charge in [-0.05, 0) is 20.3 Å². The monoisotopic (exact) mass is 278 g/mol. The molecule has 1 unspecified atom stereocenters. The van der Waals surface area contributed by atoms with E-state index in [1.54, 1.807) is 6.20 Å². The lowest BCUT2D eigenvalue weighted by Crippen LogP contribution is -2.49. The SMILES string of the molecule is CC(C)n1ccnc(NC2CCC(=O)N(C)C2=O)c1=O. The average molecular weight is 278 g/mol. The molecule has 1 atom stereocenters. The van der Waals surface area contributed by atoms with Crippen LogP contribution in [0.1, 0.15) is 32.7 Å². The molecule has 7 heteroatoms. The highest BCUT2D eigenvalue weighted by molar-refractivity contribution is 6.01. The van der Waals surface area contributed by atoms with Crippen LogP contribution < -0.4 is 10.9 Å². The van der Waals surface area contributed by atoms with Crippen molar-refractivity contribution in [2.24, 2.45) is 0 Å². The van der Waals surface area contributed by atoms with Crippen molar-refractivity contribution in [3.63, 3.8) is 0 Å². The van der Waals surface area contributed by atoms with Crippen LogP contribution in [0.25, 0.3) is 0 Å². The molecule has 1 aromatic rings. The summed E-state index contributed by atoms with van der Waals surface area (Å²) in [5.41, 5.74) is -0.269. The van der Waals surface area contributed by atoms with Crippen LogP contribution in [0.3, 0.4) is 0 Å². The first-order chi connectivity index (χ1) is 9.41. The Morgan fingerprint density at radius 1 is 1.35 bits per heavy atom. The first-order valence-electron chi connectivity index (χ1n) is 6.56. The van der Waals surface area contributed by atoms with Gasteiger partial charge in [0, 0.05) is 31.9 Å².